The molecule has 196 valence electrons. The number of benzene rings is 3. The predicted octanol–water partition coefficient (Wildman–Crippen LogP) is 4.30. The number of hydrogen-bond acceptors (Lipinski definition) is 9. The summed E-state index contributed by atoms with van der Waals surface area (Å²) in [5, 5.41) is 23.1. The third-order valence-electron chi connectivity index (χ3n) is 5.31. The van der Waals surface area contributed by atoms with Crippen LogP contribution in [0.25, 0.3) is 17.1 Å². The van der Waals surface area contributed by atoms with Gasteiger partial charge in [-0.15, -0.1) is 10.2 Å². The van der Waals surface area contributed by atoms with Crippen molar-refractivity contribution in [3.63, 3.8) is 0 Å². The molecule has 10 nitrogen and oxygen atoms in total. The van der Waals surface area contributed by atoms with Crippen molar-refractivity contribution >= 4 is 23.9 Å². The number of phenols is 1. The molecule has 4 aromatic rings. The van der Waals surface area contributed by atoms with Crippen LogP contribution in [0.2, 0.25) is 0 Å². The van der Waals surface area contributed by atoms with Crippen LogP contribution >= 0.6 is 11.8 Å². The number of aromatic hydroxyl groups is 1. The minimum absolute atomic E-state index is 0.0411. The van der Waals surface area contributed by atoms with Crippen LogP contribution in [0, 0.1) is 0 Å². The van der Waals surface area contributed by atoms with E-state index in [0.717, 1.165) is 11.3 Å². The van der Waals surface area contributed by atoms with E-state index in [0.29, 0.717) is 40.4 Å². The number of amides is 1. The van der Waals surface area contributed by atoms with Crippen LogP contribution in [0.5, 0.6) is 23.0 Å². The summed E-state index contributed by atoms with van der Waals surface area (Å²) in [6.45, 7) is 2.25. The Bertz CT molecular complexity index is 1420. The predicted molar refractivity (Wildman–Crippen MR) is 146 cm³/mol. The van der Waals surface area contributed by atoms with Crippen molar-refractivity contribution in [2.75, 3.05) is 26.6 Å². The highest BCUT2D eigenvalue weighted by molar-refractivity contribution is 7.99. The lowest BCUT2D eigenvalue weighted by Gasteiger charge is -2.12. The Morgan fingerprint density at radius 1 is 1.03 bits per heavy atom. The fourth-order valence-corrected chi connectivity index (χ4v) is 4.30. The molecule has 0 unspecified atom stereocenters. The molecule has 0 spiro atoms. The summed E-state index contributed by atoms with van der Waals surface area (Å²) in [7, 11) is 3.15. The summed E-state index contributed by atoms with van der Waals surface area (Å²) in [6, 6.07) is 20.0. The number of nitrogens with one attached hydrogen (secondary N) is 1. The summed E-state index contributed by atoms with van der Waals surface area (Å²) in [5.41, 5.74) is 4.81. The molecular weight excluding hydrogens is 506 g/mol. The Hall–Kier alpha value is -4.51. The maximum atomic E-state index is 12.5. The second-order valence-electron chi connectivity index (χ2n) is 7.79. The second-order valence-corrected chi connectivity index (χ2v) is 8.73. The van der Waals surface area contributed by atoms with Gasteiger partial charge in [-0.1, -0.05) is 30.0 Å². The largest absolute Gasteiger partial charge is 0.504 e. The Labute approximate surface area is 224 Å². The summed E-state index contributed by atoms with van der Waals surface area (Å²) in [5.74, 6) is 1.91. The van der Waals surface area contributed by atoms with Crippen molar-refractivity contribution in [3.05, 3.63) is 72.3 Å². The van der Waals surface area contributed by atoms with Crippen molar-refractivity contribution < 1.29 is 24.1 Å². The molecule has 0 fully saturated rings. The summed E-state index contributed by atoms with van der Waals surface area (Å²) in [4.78, 5) is 12.5. The van der Waals surface area contributed by atoms with Gasteiger partial charge in [0.1, 0.15) is 0 Å². The summed E-state index contributed by atoms with van der Waals surface area (Å²) in [6.07, 6.45) is 1.48. The molecule has 1 amide bonds. The fraction of sp³-hybridized carbons (Fsp3) is 0.185. The van der Waals surface area contributed by atoms with E-state index in [1.165, 1.54) is 24.0 Å². The van der Waals surface area contributed by atoms with Crippen molar-refractivity contribution in [3.8, 4) is 40.1 Å². The number of para-hydroxylation sites is 1. The zero-order valence-electron chi connectivity index (χ0n) is 21.1. The van der Waals surface area contributed by atoms with Crippen LogP contribution in [-0.4, -0.2) is 58.6 Å². The average Bonchev–Trinajstić information content (AvgIpc) is 3.38. The van der Waals surface area contributed by atoms with Crippen molar-refractivity contribution in [1.29, 1.82) is 0 Å². The van der Waals surface area contributed by atoms with Gasteiger partial charge in [0.2, 0.25) is 0 Å². The first-order chi connectivity index (χ1) is 18.5. The zero-order valence-corrected chi connectivity index (χ0v) is 21.9. The first kappa shape index (κ1) is 26.6. The van der Waals surface area contributed by atoms with E-state index in [4.69, 9.17) is 14.2 Å². The van der Waals surface area contributed by atoms with Crippen molar-refractivity contribution in [1.82, 2.24) is 20.2 Å². The molecule has 0 saturated carbocycles. The third-order valence-corrected chi connectivity index (χ3v) is 6.24. The number of hydrazone groups is 1. The molecule has 3 aromatic carbocycles. The average molecular weight is 534 g/mol. The summed E-state index contributed by atoms with van der Waals surface area (Å²) >= 11 is 1.23. The van der Waals surface area contributed by atoms with Crippen LogP contribution in [-0.2, 0) is 4.79 Å². The maximum absolute atomic E-state index is 12.5. The first-order valence-corrected chi connectivity index (χ1v) is 12.7. The van der Waals surface area contributed by atoms with E-state index in [1.807, 2.05) is 60.0 Å². The van der Waals surface area contributed by atoms with Gasteiger partial charge in [-0.2, -0.15) is 5.10 Å². The molecule has 4 rings (SSSR count). The Kier molecular flexibility index (Phi) is 8.83. The highest BCUT2D eigenvalue weighted by Gasteiger charge is 2.18. The van der Waals surface area contributed by atoms with Gasteiger partial charge in [0.15, 0.2) is 34.0 Å². The summed E-state index contributed by atoms with van der Waals surface area (Å²) < 4.78 is 18.1. The molecule has 0 bridgehead atoms. The zero-order chi connectivity index (χ0) is 26.9. The normalized spacial score (nSPS) is 10.9. The molecule has 38 heavy (non-hydrogen) atoms. The number of hydrogen-bond donors (Lipinski definition) is 2. The molecule has 0 radical (unpaired) electrons. The van der Waals surface area contributed by atoms with Crippen molar-refractivity contribution in [2.24, 2.45) is 5.10 Å². The Balaban J connectivity index is 1.50. The Morgan fingerprint density at radius 3 is 2.55 bits per heavy atom. The smallest absolute Gasteiger partial charge is 0.250 e. The number of carbonyl (C=O) groups is 1. The van der Waals surface area contributed by atoms with Crippen LogP contribution < -0.4 is 19.6 Å². The molecule has 1 heterocycles. The van der Waals surface area contributed by atoms with Crippen LogP contribution in [0.3, 0.4) is 0 Å². The van der Waals surface area contributed by atoms with E-state index < -0.39 is 0 Å². The SMILES string of the molecule is CCOc1cc(/C=N\NC(=O)CSc2nnc(-c3ccc(OC)c(OC)c3)n2-c2ccccc2)ccc1O. The number of ether oxygens (including phenoxy) is 3. The van der Waals surface area contributed by atoms with Gasteiger partial charge >= 0.3 is 0 Å². The molecule has 0 aliphatic carbocycles. The molecule has 0 atom stereocenters. The van der Waals surface area contributed by atoms with E-state index >= 15 is 0 Å². The number of nitrogens with zero attached hydrogens (tertiary/aromatic N) is 4. The lowest BCUT2D eigenvalue weighted by molar-refractivity contribution is -0.118. The molecule has 0 aliphatic rings. The highest BCUT2D eigenvalue weighted by Crippen LogP contribution is 2.34. The van der Waals surface area contributed by atoms with E-state index in [1.54, 1.807) is 26.4 Å². The van der Waals surface area contributed by atoms with Gasteiger partial charge in [-0.3, -0.25) is 9.36 Å². The molecule has 0 aliphatic heterocycles. The number of phenolic OH excluding ortho intramolecular Hbond substituents is 1. The first-order valence-electron chi connectivity index (χ1n) is 11.7. The number of thioether (sulfide) groups is 1. The third kappa shape index (κ3) is 6.24. The topological polar surface area (TPSA) is 120 Å². The molecular formula is C27H27N5O5S. The van der Waals surface area contributed by atoms with Gasteiger partial charge in [0, 0.05) is 11.3 Å². The van der Waals surface area contributed by atoms with Crippen molar-refractivity contribution in [2.45, 2.75) is 12.1 Å². The van der Waals surface area contributed by atoms with Gasteiger partial charge in [0.25, 0.3) is 5.91 Å². The van der Waals surface area contributed by atoms with Gasteiger partial charge in [0.05, 0.1) is 32.8 Å². The number of methoxy groups -OCH3 is 2. The monoisotopic (exact) mass is 533 g/mol. The Morgan fingerprint density at radius 2 is 1.82 bits per heavy atom. The van der Waals surface area contributed by atoms with Gasteiger partial charge in [-0.05, 0) is 61.0 Å². The van der Waals surface area contributed by atoms with Crippen LogP contribution in [0.4, 0.5) is 0 Å². The quantitative estimate of drug-likeness (QED) is 0.166. The highest BCUT2D eigenvalue weighted by atomic mass is 32.2. The minimum Gasteiger partial charge on any atom is -0.504 e. The second kappa shape index (κ2) is 12.6. The number of aromatic nitrogens is 3. The lowest BCUT2D eigenvalue weighted by Crippen LogP contribution is -2.20. The lowest BCUT2D eigenvalue weighted by atomic mass is 10.2. The fourth-order valence-electron chi connectivity index (χ4n) is 3.56. The maximum Gasteiger partial charge on any atom is 0.250 e. The van der Waals surface area contributed by atoms with E-state index in [2.05, 4.69) is 20.7 Å². The number of carbonyl (C=O) groups excluding carboxylic acids is 1. The van der Waals surface area contributed by atoms with Crippen LogP contribution in [0.15, 0.2) is 77.0 Å². The molecule has 0 saturated heterocycles. The van der Waals surface area contributed by atoms with Gasteiger partial charge < -0.3 is 19.3 Å². The van der Waals surface area contributed by atoms with E-state index in [9.17, 15) is 9.90 Å². The van der Waals surface area contributed by atoms with E-state index in [-0.39, 0.29) is 17.4 Å². The van der Waals surface area contributed by atoms with Gasteiger partial charge in [-0.25, -0.2) is 5.43 Å². The standard InChI is InChI=1S/C27H27N5O5S/c1-4-37-23-14-18(10-12-21(23)33)16-28-29-25(34)17-38-27-31-30-26(32(27)20-8-6-5-7-9-20)19-11-13-22(35-2)24(15-19)36-3/h5-16,33H,4,17H2,1-3H3,(H,29,34)/b28-16-. The molecule has 2 N–H and O–H groups in total. The molecule has 11 heteroatoms. The number of rotatable bonds is 11. The molecule has 1 aromatic heterocycles. The minimum atomic E-state index is -0.315. The van der Waals surface area contributed by atoms with Crippen LogP contribution in [0.1, 0.15) is 12.5 Å².